The van der Waals surface area contributed by atoms with Crippen molar-refractivity contribution in [2.24, 2.45) is 0 Å². The highest BCUT2D eigenvalue weighted by molar-refractivity contribution is 14.1. The molecule has 1 aromatic carbocycles. The van der Waals surface area contributed by atoms with Gasteiger partial charge in [-0.1, -0.05) is 36.9 Å². The fourth-order valence-electron chi connectivity index (χ4n) is 0.790. The van der Waals surface area contributed by atoms with Crippen LogP contribution in [0.5, 0.6) is 0 Å². The number of hydrogen-bond acceptors (Lipinski definition) is 1. The molecule has 1 nitrogen and oxygen atoms in total. The average Bonchev–Trinajstić information content (AvgIpc) is 2.06. The van der Waals surface area contributed by atoms with Gasteiger partial charge in [0.25, 0.3) is 0 Å². The van der Waals surface area contributed by atoms with E-state index < -0.39 is 3.61 Å². The molecule has 0 radical (unpaired) electrons. The molecule has 0 amide bonds. The van der Waals surface area contributed by atoms with E-state index in [1.165, 1.54) is 6.08 Å². The lowest BCUT2D eigenvalue weighted by Crippen LogP contribution is -2.11. The summed E-state index contributed by atoms with van der Waals surface area (Å²) in [6.45, 7) is 3.55. The second kappa shape index (κ2) is 3.36. The van der Waals surface area contributed by atoms with Crippen LogP contribution in [0.2, 0.25) is 0 Å². The molecule has 0 saturated carbocycles. The van der Waals surface area contributed by atoms with Crippen LogP contribution in [-0.2, 0) is 3.61 Å². The van der Waals surface area contributed by atoms with Gasteiger partial charge in [-0.3, -0.25) is 0 Å². The van der Waals surface area contributed by atoms with Gasteiger partial charge in [0, 0.05) is 0 Å². The molecule has 0 aliphatic heterocycles. The van der Waals surface area contributed by atoms with Crippen LogP contribution in [0.15, 0.2) is 43.0 Å². The molecule has 0 spiro atoms. The number of rotatable bonds is 2. The number of benzene rings is 1. The predicted octanol–water partition coefficient (Wildman–Crippen LogP) is 2.45. The minimum Gasteiger partial charge on any atom is -0.372 e. The SMILES string of the molecule is C=CC(O)(I)c1ccccc1. The molecule has 1 atom stereocenters. The highest BCUT2D eigenvalue weighted by Crippen LogP contribution is 2.29. The highest BCUT2D eigenvalue weighted by atomic mass is 127. The number of aliphatic hydroxyl groups is 1. The molecular formula is C9H9IO. The van der Waals surface area contributed by atoms with E-state index in [-0.39, 0.29) is 0 Å². The first-order valence-electron chi connectivity index (χ1n) is 3.27. The maximum absolute atomic E-state index is 9.66. The second-order valence-electron chi connectivity index (χ2n) is 2.24. The third kappa shape index (κ3) is 2.04. The molecule has 11 heavy (non-hydrogen) atoms. The van der Waals surface area contributed by atoms with Crippen molar-refractivity contribution in [3.05, 3.63) is 48.6 Å². The maximum Gasteiger partial charge on any atom is 0.159 e. The van der Waals surface area contributed by atoms with Crippen molar-refractivity contribution in [1.82, 2.24) is 0 Å². The van der Waals surface area contributed by atoms with Crippen molar-refractivity contribution >= 4 is 22.6 Å². The summed E-state index contributed by atoms with van der Waals surface area (Å²) >= 11 is 1.94. The first kappa shape index (κ1) is 8.74. The summed E-state index contributed by atoms with van der Waals surface area (Å²) in [6.07, 6.45) is 1.52. The summed E-state index contributed by atoms with van der Waals surface area (Å²) in [5.41, 5.74) is 0.857. The largest absolute Gasteiger partial charge is 0.372 e. The number of hydrogen-bond donors (Lipinski definition) is 1. The van der Waals surface area contributed by atoms with E-state index in [2.05, 4.69) is 6.58 Å². The van der Waals surface area contributed by atoms with Gasteiger partial charge in [-0.25, -0.2) is 0 Å². The minimum atomic E-state index is -0.932. The second-order valence-corrected chi connectivity index (χ2v) is 3.89. The Morgan fingerprint density at radius 1 is 1.36 bits per heavy atom. The molecule has 0 heterocycles. The summed E-state index contributed by atoms with van der Waals surface area (Å²) < 4.78 is -0.932. The van der Waals surface area contributed by atoms with E-state index in [9.17, 15) is 5.11 Å². The molecule has 1 aromatic rings. The topological polar surface area (TPSA) is 20.2 Å². The van der Waals surface area contributed by atoms with Gasteiger partial charge in [-0.15, -0.1) is 0 Å². The van der Waals surface area contributed by atoms with Gasteiger partial charge in [0.2, 0.25) is 0 Å². The Labute approximate surface area is 79.9 Å². The Morgan fingerprint density at radius 2 is 1.91 bits per heavy atom. The van der Waals surface area contributed by atoms with Crippen LogP contribution in [-0.4, -0.2) is 5.11 Å². The van der Waals surface area contributed by atoms with Crippen LogP contribution < -0.4 is 0 Å². The predicted molar refractivity (Wildman–Crippen MR) is 54.6 cm³/mol. The van der Waals surface area contributed by atoms with E-state index in [1.807, 2.05) is 52.9 Å². The fourth-order valence-corrected chi connectivity index (χ4v) is 1.15. The lowest BCUT2D eigenvalue weighted by molar-refractivity contribution is 0.209. The standard InChI is InChI=1S/C9H9IO/c1-2-9(10,11)8-6-4-3-5-7-8/h2-7,11H,1H2. The minimum absolute atomic E-state index is 0.857. The molecule has 0 aliphatic carbocycles. The Bertz CT molecular complexity index is 241. The third-order valence-corrected chi connectivity index (χ3v) is 2.51. The molecule has 0 saturated heterocycles. The Kier molecular flexibility index (Phi) is 2.67. The average molecular weight is 260 g/mol. The lowest BCUT2D eigenvalue weighted by atomic mass is 10.1. The van der Waals surface area contributed by atoms with Crippen LogP contribution in [0.25, 0.3) is 0 Å². The van der Waals surface area contributed by atoms with E-state index in [1.54, 1.807) is 0 Å². The van der Waals surface area contributed by atoms with Crippen molar-refractivity contribution in [3.63, 3.8) is 0 Å². The third-order valence-electron chi connectivity index (χ3n) is 1.45. The van der Waals surface area contributed by atoms with E-state index in [4.69, 9.17) is 0 Å². The molecular weight excluding hydrogens is 251 g/mol. The first-order chi connectivity index (χ1) is 5.17. The van der Waals surface area contributed by atoms with Crippen molar-refractivity contribution in [1.29, 1.82) is 0 Å². The van der Waals surface area contributed by atoms with Crippen molar-refractivity contribution < 1.29 is 5.11 Å². The number of alkyl halides is 1. The first-order valence-corrected chi connectivity index (χ1v) is 4.35. The molecule has 0 aliphatic rings. The van der Waals surface area contributed by atoms with Crippen molar-refractivity contribution in [2.75, 3.05) is 0 Å². The Hall–Kier alpha value is -0.350. The zero-order valence-electron chi connectivity index (χ0n) is 6.00. The van der Waals surface area contributed by atoms with Crippen molar-refractivity contribution in [3.8, 4) is 0 Å². The van der Waals surface area contributed by atoms with Gasteiger partial charge in [0.15, 0.2) is 3.61 Å². The van der Waals surface area contributed by atoms with Gasteiger partial charge in [-0.2, -0.15) is 0 Å². The van der Waals surface area contributed by atoms with Gasteiger partial charge < -0.3 is 5.11 Å². The van der Waals surface area contributed by atoms with Gasteiger partial charge in [-0.05, 0) is 34.2 Å². The molecule has 1 rings (SSSR count). The zero-order valence-corrected chi connectivity index (χ0v) is 8.15. The van der Waals surface area contributed by atoms with Crippen LogP contribution in [0.3, 0.4) is 0 Å². The molecule has 1 unspecified atom stereocenters. The normalized spacial score (nSPS) is 15.5. The zero-order chi connectivity index (χ0) is 8.32. The van der Waals surface area contributed by atoms with Crippen molar-refractivity contribution in [2.45, 2.75) is 3.61 Å². The summed E-state index contributed by atoms with van der Waals surface area (Å²) in [5.74, 6) is 0. The summed E-state index contributed by atoms with van der Waals surface area (Å²) in [6, 6.07) is 9.44. The van der Waals surface area contributed by atoms with E-state index >= 15 is 0 Å². The fraction of sp³-hybridized carbons (Fsp3) is 0.111. The molecule has 1 N–H and O–H groups in total. The van der Waals surface area contributed by atoms with E-state index in [0.717, 1.165) is 5.56 Å². The quantitative estimate of drug-likeness (QED) is 0.492. The monoisotopic (exact) mass is 260 g/mol. The lowest BCUT2D eigenvalue weighted by Gasteiger charge is -2.15. The molecule has 0 bridgehead atoms. The molecule has 58 valence electrons. The van der Waals surface area contributed by atoms with Gasteiger partial charge in [0.05, 0.1) is 0 Å². The van der Waals surface area contributed by atoms with Crippen LogP contribution in [0.1, 0.15) is 5.56 Å². The highest BCUT2D eigenvalue weighted by Gasteiger charge is 2.19. The smallest absolute Gasteiger partial charge is 0.159 e. The molecule has 0 aromatic heterocycles. The summed E-state index contributed by atoms with van der Waals surface area (Å²) in [7, 11) is 0. The van der Waals surface area contributed by atoms with Crippen LogP contribution in [0.4, 0.5) is 0 Å². The molecule has 0 fully saturated rings. The molecule has 2 heteroatoms. The van der Waals surface area contributed by atoms with Crippen LogP contribution >= 0.6 is 22.6 Å². The Balaban J connectivity index is 3.02. The maximum atomic E-state index is 9.66. The van der Waals surface area contributed by atoms with Gasteiger partial charge >= 0.3 is 0 Å². The summed E-state index contributed by atoms with van der Waals surface area (Å²) in [4.78, 5) is 0. The number of halogens is 1. The van der Waals surface area contributed by atoms with Crippen LogP contribution in [0, 0.1) is 0 Å². The van der Waals surface area contributed by atoms with E-state index in [0.29, 0.717) is 0 Å². The summed E-state index contributed by atoms with van der Waals surface area (Å²) in [5, 5.41) is 9.66. The van der Waals surface area contributed by atoms with Gasteiger partial charge in [0.1, 0.15) is 0 Å². The Morgan fingerprint density at radius 3 is 2.36 bits per heavy atom.